The van der Waals surface area contributed by atoms with Gasteiger partial charge in [-0.1, -0.05) is 12.1 Å². The lowest BCUT2D eigenvalue weighted by Gasteiger charge is -2.11. The van der Waals surface area contributed by atoms with Gasteiger partial charge in [-0.05, 0) is 35.9 Å². The molecule has 2 aromatic rings. The van der Waals surface area contributed by atoms with Crippen molar-refractivity contribution in [1.82, 2.24) is 0 Å². The average molecular weight is 255 g/mol. The van der Waals surface area contributed by atoms with E-state index in [4.69, 9.17) is 5.73 Å². The molecule has 5 heteroatoms. The first-order valence-electron chi connectivity index (χ1n) is 5.10. The molecule has 18 heavy (non-hydrogen) atoms. The number of nitrogens with two attached hydrogens (primary N) is 1. The van der Waals surface area contributed by atoms with Crippen molar-refractivity contribution in [3.8, 4) is 11.1 Å². The normalized spacial score (nSPS) is 11.6. The van der Waals surface area contributed by atoms with Gasteiger partial charge in [0.2, 0.25) is 0 Å². The van der Waals surface area contributed by atoms with Crippen LogP contribution < -0.4 is 5.73 Å². The van der Waals surface area contributed by atoms with Crippen LogP contribution in [0, 0.1) is 5.82 Å². The van der Waals surface area contributed by atoms with Crippen molar-refractivity contribution in [2.45, 2.75) is 6.18 Å². The van der Waals surface area contributed by atoms with E-state index < -0.39 is 17.6 Å². The van der Waals surface area contributed by atoms with Gasteiger partial charge in [-0.25, -0.2) is 4.39 Å². The number of hydrogen-bond donors (Lipinski definition) is 1. The summed E-state index contributed by atoms with van der Waals surface area (Å²) in [6, 6.07) is 8.21. The number of nitrogen functional groups attached to an aromatic ring is 1. The molecule has 0 aromatic heterocycles. The van der Waals surface area contributed by atoms with Gasteiger partial charge in [-0.2, -0.15) is 13.2 Å². The number of rotatable bonds is 1. The highest BCUT2D eigenvalue weighted by Crippen LogP contribution is 2.34. The summed E-state index contributed by atoms with van der Waals surface area (Å²) in [5, 5.41) is 0. The molecule has 0 fully saturated rings. The van der Waals surface area contributed by atoms with Crippen LogP contribution in [0.4, 0.5) is 23.2 Å². The molecule has 0 aliphatic carbocycles. The van der Waals surface area contributed by atoms with Gasteiger partial charge in [0.05, 0.1) is 5.56 Å². The van der Waals surface area contributed by atoms with E-state index >= 15 is 0 Å². The Morgan fingerprint density at radius 2 is 1.50 bits per heavy atom. The smallest absolute Gasteiger partial charge is 0.398 e. The maximum Gasteiger partial charge on any atom is 0.416 e. The standard InChI is InChI=1S/C13H9F4N/c14-10-4-1-8(2-5-10)11-7-9(13(15,16)17)3-6-12(11)18/h1-7H,18H2. The Bertz CT molecular complexity index is 558. The van der Waals surface area contributed by atoms with E-state index in [0.29, 0.717) is 5.56 Å². The molecule has 94 valence electrons. The highest BCUT2D eigenvalue weighted by Gasteiger charge is 2.30. The van der Waals surface area contributed by atoms with Crippen LogP contribution in [0.2, 0.25) is 0 Å². The number of benzene rings is 2. The number of alkyl halides is 3. The van der Waals surface area contributed by atoms with E-state index in [1.165, 1.54) is 30.3 Å². The molecule has 2 N–H and O–H groups in total. The van der Waals surface area contributed by atoms with E-state index in [9.17, 15) is 17.6 Å². The lowest BCUT2D eigenvalue weighted by molar-refractivity contribution is -0.137. The molecule has 0 radical (unpaired) electrons. The largest absolute Gasteiger partial charge is 0.416 e. The predicted molar refractivity (Wildman–Crippen MR) is 61.3 cm³/mol. The first-order valence-corrected chi connectivity index (χ1v) is 5.10. The third-order valence-electron chi connectivity index (χ3n) is 2.54. The third-order valence-corrected chi connectivity index (χ3v) is 2.54. The lowest BCUT2D eigenvalue weighted by Crippen LogP contribution is -2.05. The molecule has 0 bridgehead atoms. The minimum atomic E-state index is -4.43. The van der Waals surface area contributed by atoms with E-state index in [2.05, 4.69) is 0 Å². The summed E-state index contributed by atoms with van der Waals surface area (Å²) in [7, 11) is 0. The molecule has 1 nitrogen and oxygen atoms in total. The summed E-state index contributed by atoms with van der Waals surface area (Å²) in [6.07, 6.45) is -4.43. The highest BCUT2D eigenvalue weighted by molar-refractivity contribution is 5.76. The van der Waals surface area contributed by atoms with Crippen LogP contribution in [-0.4, -0.2) is 0 Å². The zero-order valence-electron chi connectivity index (χ0n) is 9.13. The van der Waals surface area contributed by atoms with Crippen LogP contribution in [0.5, 0.6) is 0 Å². The second-order valence-electron chi connectivity index (χ2n) is 3.81. The SMILES string of the molecule is Nc1ccc(C(F)(F)F)cc1-c1ccc(F)cc1. The van der Waals surface area contributed by atoms with Crippen molar-refractivity contribution < 1.29 is 17.6 Å². The maximum absolute atomic E-state index is 12.8. The van der Waals surface area contributed by atoms with Gasteiger partial charge in [0.25, 0.3) is 0 Å². The molecule has 0 aliphatic heterocycles. The van der Waals surface area contributed by atoms with Gasteiger partial charge < -0.3 is 5.73 Å². The van der Waals surface area contributed by atoms with Crippen molar-refractivity contribution in [3.05, 3.63) is 53.8 Å². The van der Waals surface area contributed by atoms with Gasteiger partial charge >= 0.3 is 6.18 Å². The van der Waals surface area contributed by atoms with Crippen molar-refractivity contribution in [3.63, 3.8) is 0 Å². The van der Waals surface area contributed by atoms with Gasteiger partial charge in [0, 0.05) is 11.3 Å². The Morgan fingerprint density at radius 3 is 2.06 bits per heavy atom. The van der Waals surface area contributed by atoms with Crippen molar-refractivity contribution >= 4 is 5.69 Å². The minimum absolute atomic E-state index is 0.217. The third kappa shape index (κ3) is 2.45. The molecular weight excluding hydrogens is 246 g/mol. The fourth-order valence-electron chi connectivity index (χ4n) is 1.61. The molecule has 0 heterocycles. The summed E-state index contributed by atoms with van der Waals surface area (Å²) < 4.78 is 50.5. The minimum Gasteiger partial charge on any atom is -0.398 e. The Kier molecular flexibility index (Phi) is 2.98. The monoisotopic (exact) mass is 255 g/mol. The van der Waals surface area contributed by atoms with Crippen LogP contribution >= 0.6 is 0 Å². The van der Waals surface area contributed by atoms with E-state index in [0.717, 1.165) is 12.1 Å². The summed E-state index contributed by atoms with van der Waals surface area (Å²) in [5.41, 5.74) is 5.76. The summed E-state index contributed by atoms with van der Waals surface area (Å²) >= 11 is 0. The van der Waals surface area contributed by atoms with Crippen LogP contribution in [0.1, 0.15) is 5.56 Å². The maximum atomic E-state index is 12.8. The van der Waals surface area contributed by atoms with Crippen molar-refractivity contribution in [1.29, 1.82) is 0 Å². The topological polar surface area (TPSA) is 26.0 Å². The lowest BCUT2D eigenvalue weighted by atomic mass is 10.0. The summed E-state index contributed by atoms with van der Waals surface area (Å²) in [4.78, 5) is 0. The average Bonchev–Trinajstić information content (AvgIpc) is 2.29. The first kappa shape index (κ1) is 12.4. The Hall–Kier alpha value is -2.04. The molecule has 0 unspecified atom stereocenters. The Labute approximate surface area is 101 Å². The Morgan fingerprint density at radius 1 is 0.889 bits per heavy atom. The highest BCUT2D eigenvalue weighted by atomic mass is 19.4. The molecular formula is C13H9F4N. The fourth-order valence-corrected chi connectivity index (χ4v) is 1.61. The molecule has 0 saturated carbocycles. The summed E-state index contributed by atoms with van der Waals surface area (Å²) in [5.74, 6) is -0.454. The summed E-state index contributed by atoms with van der Waals surface area (Å²) in [6.45, 7) is 0. The van der Waals surface area contributed by atoms with Gasteiger partial charge in [0.15, 0.2) is 0 Å². The molecule has 0 spiro atoms. The quantitative estimate of drug-likeness (QED) is 0.602. The van der Waals surface area contributed by atoms with Crippen LogP contribution in [0.25, 0.3) is 11.1 Å². The van der Waals surface area contributed by atoms with E-state index in [1.54, 1.807) is 0 Å². The molecule has 2 aromatic carbocycles. The second kappa shape index (κ2) is 4.33. The van der Waals surface area contributed by atoms with Gasteiger partial charge in [-0.3, -0.25) is 0 Å². The van der Waals surface area contributed by atoms with Gasteiger partial charge in [-0.15, -0.1) is 0 Å². The number of halogens is 4. The fraction of sp³-hybridized carbons (Fsp3) is 0.0769. The molecule has 0 saturated heterocycles. The Balaban J connectivity index is 2.53. The van der Waals surface area contributed by atoms with Crippen LogP contribution in [-0.2, 0) is 6.18 Å². The van der Waals surface area contributed by atoms with Crippen molar-refractivity contribution in [2.75, 3.05) is 5.73 Å². The zero-order valence-corrected chi connectivity index (χ0v) is 9.13. The molecule has 0 atom stereocenters. The van der Waals surface area contributed by atoms with E-state index in [1.807, 2.05) is 0 Å². The van der Waals surface area contributed by atoms with Crippen LogP contribution in [0.15, 0.2) is 42.5 Å². The molecule has 0 aliphatic rings. The molecule has 2 rings (SSSR count). The van der Waals surface area contributed by atoms with Crippen molar-refractivity contribution in [2.24, 2.45) is 0 Å². The predicted octanol–water partition coefficient (Wildman–Crippen LogP) is 4.09. The van der Waals surface area contributed by atoms with Gasteiger partial charge in [0.1, 0.15) is 5.82 Å². The first-order chi connectivity index (χ1) is 8.38. The van der Waals surface area contributed by atoms with E-state index in [-0.39, 0.29) is 11.3 Å². The number of anilines is 1. The molecule has 0 amide bonds. The van der Waals surface area contributed by atoms with Crippen LogP contribution in [0.3, 0.4) is 0 Å². The second-order valence-corrected chi connectivity index (χ2v) is 3.81. The zero-order chi connectivity index (χ0) is 13.3. The number of hydrogen-bond acceptors (Lipinski definition) is 1.